The van der Waals surface area contributed by atoms with Gasteiger partial charge >= 0.3 is 0 Å². The molecule has 1 fully saturated rings. The number of alkyl halides is 1. The molecule has 4 nitrogen and oxygen atoms in total. The molecule has 0 bridgehead atoms. The van der Waals surface area contributed by atoms with Crippen LogP contribution in [0.25, 0.3) is 22.0 Å². The number of hydrogen-bond acceptors (Lipinski definition) is 3. The van der Waals surface area contributed by atoms with E-state index in [1.54, 1.807) is 11.1 Å². The zero-order chi connectivity index (χ0) is 24.8. The van der Waals surface area contributed by atoms with Gasteiger partial charge in [0.1, 0.15) is 18.3 Å². The molecule has 0 spiro atoms. The fraction of sp³-hybridized carbons (Fsp3) is 0.214. The maximum absolute atomic E-state index is 13.4. The number of fused-ring (bicyclic) bond motifs is 1. The maximum atomic E-state index is 13.4. The highest BCUT2D eigenvalue weighted by molar-refractivity contribution is 5.97. The van der Waals surface area contributed by atoms with Crippen molar-refractivity contribution in [2.45, 2.75) is 0 Å². The summed E-state index contributed by atoms with van der Waals surface area (Å²) in [4.78, 5) is 21.3. The molecule has 1 aromatic heterocycles. The molecule has 2 heterocycles. The smallest absolute Gasteiger partial charge is 0.253 e. The standard InChI is InChI=1S/C28H26F3N3O/c1-20(30)16-21(17-25(31)18-29)19-33-12-14-34(15-13-33)28(35)24-9-7-22(8-10-24)26-6-2-4-23-5-3-11-32-27(23)26/h2-11,16-17H,1,12-15,18-19H2/b21-16+,25-17+. The van der Waals surface area contributed by atoms with Crippen molar-refractivity contribution in [3.05, 3.63) is 102 Å². The van der Waals surface area contributed by atoms with E-state index in [9.17, 15) is 18.0 Å². The van der Waals surface area contributed by atoms with E-state index in [0.29, 0.717) is 37.3 Å². The average Bonchev–Trinajstić information content (AvgIpc) is 2.88. The molecule has 4 rings (SSSR count). The van der Waals surface area contributed by atoms with Crippen molar-refractivity contribution in [1.29, 1.82) is 0 Å². The summed E-state index contributed by atoms with van der Waals surface area (Å²) in [6.07, 6.45) is 3.86. The summed E-state index contributed by atoms with van der Waals surface area (Å²) in [5.41, 5.74) is 3.80. The average molecular weight is 478 g/mol. The Hall–Kier alpha value is -3.71. The Balaban J connectivity index is 1.40. The van der Waals surface area contributed by atoms with E-state index < -0.39 is 18.3 Å². The first kappa shape index (κ1) is 24.4. The number of allylic oxidation sites excluding steroid dienone is 3. The Morgan fingerprint density at radius 3 is 2.37 bits per heavy atom. The van der Waals surface area contributed by atoms with E-state index in [1.807, 2.05) is 59.5 Å². The molecule has 1 amide bonds. The molecule has 35 heavy (non-hydrogen) atoms. The Morgan fingerprint density at radius 1 is 0.971 bits per heavy atom. The number of pyridine rings is 1. The predicted molar refractivity (Wildman–Crippen MR) is 133 cm³/mol. The fourth-order valence-electron chi connectivity index (χ4n) is 4.25. The summed E-state index contributed by atoms with van der Waals surface area (Å²) in [6.45, 7) is 4.19. The molecular formula is C28H26F3N3O. The van der Waals surface area contributed by atoms with Gasteiger partial charge in [0.2, 0.25) is 0 Å². The van der Waals surface area contributed by atoms with E-state index in [1.165, 1.54) is 0 Å². The van der Waals surface area contributed by atoms with E-state index in [4.69, 9.17) is 0 Å². The van der Waals surface area contributed by atoms with Crippen molar-refractivity contribution in [2.24, 2.45) is 0 Å². The Labute approximate surface area is 202 Å². The lowest BCUT2D eigenvalue weighted by Crippen LogP contribution is -2.49. The van der Waals surface area contributed by atoms with Gasteiger partial charge < -0.3 is 4.90 Å². The third-order valence-corrected chi connectivity index (χ3v) is 5.95. The quantitative estimate of drug-likeness (QED) is 0.398. The number of amides is 1. The molecule has 2 aromatic carbocycles. The van der Waals surface area contributed by atoms with Crippen LogP contribution in [0.2, 0.25) is 0 Å². The van der Waals surface area contributed by atoms with Gasteiger partial charge in [-0.15, -0.1) is 0 Å². The highest BCUT2D eigenvalue weighted by Crippen LogP contribution is 2.27. The van der Waals surface area contributed by atoms with Gasteiger partial charge in [-0.2, -0.15) is 0 Å². The first-order valence-corrected chi connectivity index (χ1v) is 11.4. The Bertz CT molecular complexity index is 1270. The van der Waals surface area contributed by atoms with E-state index >= 15 is 0 Å². The lowest BCUT2D eigenvalue weighted by molar-refractivity contribution is 0.0648. The third kappa shape index (κ3) is 6.05. The van der Waals surface area contributed by atoms with Crippen LogP contribution in [0.15, 0.2) is 96.8 Å². The summed E-state index contributed by atoms with van der Waals surface area (Å²) in [5, 5.41) is 1.06. The third-order valence-electron chi connectivity index (χ3n) is 5.95. The van der Waals surface area contributed by atoms with Gasteiger partial charge in [0, 0.05) is 55.4 Å². The second-order valence-electron chi connectivity index (χ2n) is 8.42. The van der Waals surface area contributed by atoms with E-state index in [-0.39, 0.29) is 12.5 Å². The molecule has 3 aromatic rings. The van der Waals surface area contributed by atoms with Crippen LogP contribution in [0, 0.1) is 0 Å². The second kappa shape index (κ2) is 11.1. The molecule has 0 unspecified atom stereocenters. The largest absolute Gasteiger partial charge is 0.336 e. The lowest BCUT2D eigenvalue weighted by atomic mass is 10.0. The van der Waals surface area contributed by atoms with Crippen molar-refractivity contribution in [2.75, 3.05) is 39.4 Å². The number of piperazine rings is 1. The topological polar surface area (TPSA) is 36.4 Å². The van der Waals surface area contributed by atoms with Crippen LogP contribution in [0.3, 0.4) is 0 Å². The molecule has 0 saturated carbocycles. The number of hydrogen-bond donors (Lipinski definition) is 0. The minimum atomic E-state index is -1.24. The molecule has 0 radical (unpaired) electrons. The number of carbonyl (C=O) groups is 1. The van der Waals surface area contributed by atoms with E-state index in [0.717, 1.165) is 34.2 Å². The molecule has 0 atom stereocenters. The molecule has 1 aliphatic heterocycles. The van der Waals surface area contributed by atoms with Crippen molar-refractivity contribution in [1.82, 2.24) is 14.8 Å². The first-order valence-electron chi connectivity index (χ1n) is 11.4. The van der Waals surface area contributed by atoms with Crippen LogP contribution in [0.5, 0.6) is 0 Å². The zero-order valence-corrected chi connectivity index (χ0v) is 19.3. The van der Waals surface area contributed by atoms with Gasteiger partial charge in [0.25, 0.3) is 5.91 Å². The van der Waals surface area contributed by atoms with Gasteiger partial charge in [-0.05, 0) is 41.5 Å². The fourth-order valence-corrected chi connectivity index (χ4v) is 4.25. The van der Waals surface area contributed by atoms with Gasteiger partial charge in [0.05, 0.1) is 5.52 Å². The summed E-state index contributed by atoms with van der Waals surface area (Å²) in [6, 6.07) is 17.5. The highest BCUT2D eigenvalue weighted by Gasteiger charge is 2.22. The summed E-state index contributed by atoms with van der Waals surface area (Å²) >= 11 is 0. The van der Waals surface area contributed by atoms with E-state index in [2.05, 4.69) is 11.6 Å². The van der Waals surface area contributed by atoms with Crippen LogP contribution >= 0.6 is 0 Å². The molecule has 7 heteroatoms. The molecule has 0 N–H and O–H groups in total. The minimum Gasteiger partial charge on any atom is -0.336 e. The van der Waals surface area contributed by atoms with Crippen molar-refractivity contribution >= 4 is 16.8 Å². The second-order valence-corrected chi connectivity index (χ2v) is 8.42. The number of nitrogens with zero attached hydrogens (tertiary/aromatic N) is 3. The van der Waals surface area contributed by atoms with Crippen molar-refractivity contribution in [3.8, 4) is 11.1 Å². The van der Waals surface area contributed by atoms with Gasteiger partial charge in [-0.3, -0.25) is 14.7 Å². The number of benzene rings is 2. The van der Waals surface area contributed by atoms with Crippen LogP contribution < -0.4 is 0 Å². The summed E-state index contributed by atoms with van der Waals surface area (Å²) in [7, 11) is 0. The predicted octanol–water partition coefficient (Wildman–Crippen LogP) is 5.89. The van der Waals surface area contributed by atoms with Crippen LogP contribution in [0.4, 0.5) is 13.2 Å². The molecular weight excluding hydrogens is 451 g/mol. The lowest BCUT2D eigenvalue weighted by Gasteiger charge is -2.35. The van der Waals surface area contributed by atoms with Crippen LogP contribution in [0.1, 0.15) is 10.4 Å². The highest BCUT2D eigenvalue weighted by atomic mass is 19.2. The van der Waals surface area contributed by atoms with Gasteiger partial charge in [-0.1, -0.05) is 43.0 Å². The number of carbonyl (C=O) groups excluding carboxylic acids is 1. The summed E-state index contributed by atoms with van der Waals surface area (Å²) in [5.74, 6) is -1.75. The van der Waals surface area contributed by atoms with Crippen LogP contribution in [-0.4, -0.2) is 60.1 Å². The first-order chi connectivity index (χ1) is 16.9. The number of aromatic nitrogens is 1. The Kier molecular flexibility index (Phi) is 7.77. The zero-order valence-electron chi connectivity index (χ0n) is 19.3. The maximum Gasteiger partial charge on any atom is 0.253 e. The monoisotopic (exact) mass is 477 g/mol. The molecule has 0 aliphatic carbocycles. The minimum absolute atomic E-state index is 0.0662. The van der Waals surface area contributed by atoms with Gasteiger partial charge in [-0.25, -0.2) is 13.2 Å². The normalized spacial score (nSPS) is 15.5. The Morgan fingerprint density at radius 2 is 1.69 bits per heavy atom. The molecule has 1 aliphatic rings. The SMILES string of the molecule is C=C(F)/C=C(\C=C(\F)CF)CN1CCN(C(=O)c2ccc(-c3cccc4cccnc34)cc2)CC1. The molecule has 180 valence electrons. The number of rotatable bonds is 7. The number of halogens is 3. The van der Waals surface area contributed by atoms with Crippen molar-refractivity contribution < 1.29 is 18.0 Å². The number of para-hydroxylation sites is 1. The summed E-state index contributed by atoms with van der Waals surface area (Å²) < 4.78 is 39.1. The van der Waals surface area contributed by atoms with Gasteiger partial charge in [0.15, 0.2) is 0 Å². The molecule has 1 saturated heterocycles. The van der Waals surface area contributed by atoms with Crippen LogP contribution in [-0.2, 0) is 0 Å². The van der Waals surface area contributed by atoms with Crippen molar-refractivity contribution in [3.63, 3.8) is 0 Å².